The maximum Gasteiger partial charge on any atom is 0.258 e. The molecule has 7 heteroatoms. The molecule has 4 unspecified atom stereocenters. The monoisotopic (exact) mass is 421 g/mol. The number of amides is 2. The number of nitrogens with zero attached hydrogens (tertiary/aromatic N) is 1. The number of fused-ring (bicyclic) bond motifs is 3. The van der Waals surface area contributed by atoms with Gasteiger partial charge in [0, 0.05) is 43.3 Å². The molecule has 3 saturated carbocycles. The quantitative estimate of drug-likeness (QED) is 0.775. The second-order valence-corrected chi connectivity index (χ2v) is 8.78. The fraction of sp³-hybridized carbons (Fsp3) is 0.458. The molecule has 6 rings (SSSR count). The van der Waals surface area contributed by atoms with E-state index < -0.39 is 5.72 Å². The van der Waals surface area contributed by atoms with Crippen molar-refractivity contribution in [3.05, 3.63) is 53.9 Å². The van der Waals surface area contributed by atoms with Crippen LogP contribution in [0.2, 0.25) is 0 Å². The minimum atomic E-state index is -0.729. The van der Waals surface area contributed by atoms with Gasteiger partial charge in [0.25, 0.3) is 5.91 Å². The van der Waals surface area contributed by atoms with Crippen LogP contribution >= 0.6 is 0 Å². The van der Waals surface area contributed by atoms with Gasteiger partial charge >= 0.3 is 0 Å². The third kappa shape index (κ3) is 3.62. The molecule has 1 aromatic carbocycles. The van der Waals surface area contributed by atoms with E-state index in [0.29, 0.717) is 30.0 Å². The van der Waals surface area contributed by atoms with E-state index in [0.717, 1.165) is 31.2 Å². The molecule has 2 bridgehead atoms. The summed E-state index contributed by atoms with van der Waals surface area (Å²) < 4.78 is 11.7. The SMILES string of the molecule is COc1ccc2c(c1)OC1(CC3CCC1CC3C(=O)NCCc1ccncc1)NC2=O. The zero-order valence-corrected chi connectivity index (χ0v) is 17.6. The first-order valence-electron chi connectivity index (χ1n) is 10.9. The Morgan fingerprint density at radius 3 is 2.87 bits per heavy atom. The van der Waals surface area contributed by atoms with Gasteiger partial charge in [-0.05, 0) is 61.4 Å². The highest BCUT2D eigenvalue weighted by Gasteiger charge is 2.57. The Bertz CT molecular complexity index is 996. The number of methoxy groups -OCH3 is 1. The Hall–Kier alpha value is -3.09. The van der Waals surface area contributed by atoms with Gasteiger partial charge in [-0.25, -0.2) is 0 Å². The number of nitrogens with one attached hydrogen (secondary N) is 2. The van der Waals surface area contributed by atoms with Gasteiger partial charge in [0.15, 0.2) is 5.72 Å². The zero-order chi connectivity index (χ0) is 21.4. The van der Waals surface area contributed by atoms with Crippen molar-refractivity contribution in [3.63, 3.8) is 0 Å². The van der Waals surface area contributed by atoms with Crippen molar-refractivity contribution in [3.8, 4) is 11.5 Å². The normalized spacial score (nSPS) is 28.4. The summed E-state index contributed by atoms with van der Waals surface area (Å²) >= 11 is 0. The van der Waals surface area contributed by atoms with Crippen LogP contribution in [0.4, 0.5) is 0 Å². The van der Waals surface area contributed by atoms with Crippen molar-refractivity contribution in [2.75, 3.05) is 13.7 Å². The molecule has 2 amide bonds. The summed E-state index contributed by atoms with van der Waals surface area (Å²) in [5, 5.41) is 6.25. The number of aromatic nitrogens is 1. The summed E-state index contributed by atoms with van der Waals surface area (Å²) in [4.78, 5) is 29.8. The summed E-state index contributed by atoms with van der Waals surface area (Å²) in [5.41, 5.74) is 0.956. The van der Waals surface area contributed by atoms with Crippen LogP contribution in [0.25, 0.3) is 0 Å². The molecule has 1 aromatic heterocycles. The standard InChI is InChI=1S/C24H27N3O4/c1-30-18-4-5-19-21(13-18)31-24(27-23(19)29)14-16-2-3-17(24)12-20(16)22(28)26-11-8-15-6-9-25-10-7-15/h4-7,9-10,13,16-17,20H,2-3,8,11-12,14H2,1H3,(H,26,28)(H,27,29). The number of ether oxygens (including phenoxy) is 2. The molecule has 31 heavy (non-hydrogen) atoms. The molecule has 3 aliphatic carbocycles. The number of hydrogen-bond acceptors (Lipinski definition) is 5. The molecule has 0 saturated heterocycles. The van der Waals surface area contributed by atoms with E-state index in [-0.39, 0.29) is 29.6 Å². The molecule has 2 N–H and O–H groups in total. The van der Waals surface area contributed by atoms with E-state index in [1.165, 1.54) is 0 Å². The lowest BCUT2D eigenvalue weighted by atomic mass is 9.60. The number of pyridine rings is 1. The molecule has 1 spiro atoms. The van der Waals surface area contributed by atoms with Crippen molar-refractivity contribution in [2.45, 2.75) is 37.8 Å². The molecule has 162 valence electrons. The second kappa shape index (κ2) is 7.87. The molecule has 3 fully saturated rings. The highest BCUT2D eigenvalue weighted by atomic mass is 16.5. The first-order valence-corrected chi connectivity index (χ1v) is 10.9. The Morgan fingerprint density at radius 1 is 1.29 bits per heavy atom. The van der Waals surface area contributed by atoms with Gasteiger partial charge in [0.05, 0.1) is 12.7 Å². The van der Waals surface area contributed by atoms with Crippen LogP contribution in [0.5, 0.6) is 11.5 Å². The zero-order valence-electron chi connectivity index (χ0n) is 17.6. The van der Waals surface area contributed by atoms with Crippen molar-refractivity contribution in [2.24, 2.45) is 17.8 Å². The van der Waals surface area contributed by atoms with Crippen LogP contribution in [-0.2, 0) is 11.2 Å². The van der Waals surface area contributed by atoms with Crippen molar-refractivity contribution in [1.29, 1.82) is 0 Å². The molecule has 2 heterocycles. The number of carbonyl (C=O) groups excluding carboxylic acids is 2. The van der Waals surface area contributed by atoms with Gasteiger partial charge < -0.3 is 20.1 Å². The topological polar surface area (TPSA) is 89.6 Å². The first kappa shape index (κ1) is 19.8. The summed E-state index contributed by atoms with van der Waals surface area (Å²) in [7, 11) is 1.60. The number of rotatable bonds is 5. The fourth-order valence-electron chi connectivity index (χ4n) is 5.45. The average molecular weight is 421 g/mol. The minimum absolute atomic E-state index is 0.0333. The highest BCUT2D eigenvalue weighted by Crippen LogP contribution is 2.52. The van der Waals surface area contributed by atoms with E-state index >= 15 is 0 Å². The fourth-order valence-corrected chi connectivity index (χ4v) is 5.45. The van der Waals surface area contributed by atoms with Crippen molar-refractivity contribution in [1.82, 2.24) is 15.6 Å². The van der Waals surface area contributed by atoms with E-state index in [2.05, 4.69) is 15.6 Å². The maximum absolute atomic E-state index is 12.9. The molecule has 0 radical (unpaired) electrons. The smallest absolute Gasteiger partial charge is 0.258 e. The molecular formula is C24H27N3O4. The largest absolute Gasteiger partial charge is 0.497 e. The van der Waals surface area contributed by atoms with E-state index in [4.69, 9.17) is 9.47 Å². The van der Waals surface area contributed by atoms with Gasteiger partial charge in [0.1, 0.15) is 11.5 Å². The molecule has 7 nitrogen and oxygen atoms in total. The van der Waals surface area contributed by atoms with Crippen molar-refractivity contribution < 1.29 is 19.1 Å². The minimum Gasteiger partial charge on any atom is -0.497 e. The van der Waals surface area contributed by atoms with Crippen LogP contribution in [0.1, 0.15) is 41.6 Å². The van der Waals surface area contributed by atoms with Gasteiger partial charge in [-0.2, -0.15) is 0 Å². The summed E-state index contributed by atoms with van der Waals surface area (Å²) in [6.45, 7) is 0.613. The third-order valence-corrected chi connectivity index (χ3v) is 7.07. The van der Waals surface area contributed by atoms with Gasteiger partial charge in [-0.1, -0.05) is 0 Å². The van der Waals surface area contributed by atoms with Crippen LogP contribution < -0.4 is 20.1 Å². The second-order valence-electron chi connectivity index (χ2n) is 8.78. The van der Waals surface area contributed by atoms with Crippen LogP contribution in [-0.4, -0.2) is 36.2 Å². The Labute approximate surface area is 181 Å². The number of benzene rings is 1. The molecule has 4 aliphatic rings. The van der Waals surface area contributed by atoms with Crippen LogP contribution in [0.15, 0.2) is 42.7 Å². The lowest BCUT2D eigenvalue weighted by Crippen LogP contribution is -2.67. The lowest BCUT2D eigenvalue weighted by Gasteiger charge is -2.55. The molecule has 1 aliphatic heterocycles. The summed E-state index contributed by atoms with van der Waals surface area (Å²) in [6.07, 6.45) is 7.64. The van der Waals surface area contributed by atoms with E-state index in [1.54, 1.807) is 37.7 Å². The predicted octanol–water partition coefficient (Wildman–Crippen LogP) is 2.70. The highest BCUT2D eigenvalue weighted by molar-refractivity contribution is 5.98. The lowest BCUT2D eigenvalue weighted by molar-refractivity contribution is -0.146. The molecular weight excluding hydrogens is 394 g/mol. The third-order valence-electron chi connectivity index (χ3n) is 7.07. The predicted molar refractivity (Wildman–Crippen MR) is 114 cm³/mol. The Morgan fingerprint density at radius 2 is 2.13 bits per heavy atom. The Kier molecular flexibility index (Phi) is 5.04. The van der Waals surface area contributed by atoms with Gasteiger partial charge in [-0.15, -0.1) is 0 Å². The van der Waals surface area contributed by atoms with Crippen molar-refractivity contribution >= 4 is 11.8 Å². The first-order chi connectivity index (χ1) is 15.1. The van der Waals surface area contributed by atoms with Gasteiger partial charge in [0.2, 0.25) is 5.91 Å². The summed E-state index contributed by atoms with van der Waals surface area (Å²) in [5.74, 6) is 1.49. The van der Waals surface area contributed by atoms with Crippen LogP contribution in [0, 0.1) is 17.8 Å². The molecule has 4 atom stereocenters. The maximum atomic E-state index is 12.9. The number of carbonyl (C=O) groups is 2. The van der Waals surface area contributed by atoms with Gasteiger partial charge in [-0.3, -0.25) is 14.6 Å². The van der Waals surface area contributed by atoms with E-state index in [1.807, 2.05) is 12.1 Å². The Balaban J connectivity index is 1.26. The summed E-state index contributed by atoms with van der Waals surface area (Å²) in [6, 6.07) is 9.21. The molecule has 2 aromatic rings. The number of hydrogen-bond donors (Lipinski definition) is 2. The van der Waals surface area contributed by atoms with Crippen LogP contribution in [0.3, 0.4) is 0 Å². The van der Waals surface area contributed by atoms with E-state index in [9.17, 15) is 9.59 Å². The average Bonchev–Trinajstić information content (AvgIpc) is 2.79.